The molecule has 1 heterocycles. The van der Waals surface area contributed by atoms with Crippen LogP contribution in [0.1, 0.15) is 39.5 Å². The van der Waals surface area contributed by atoms with E-state index in [0.29, 0.717) is 6.10 Å². The van der Waals surface area contributed by atoms with Crippen LogP contribution in [0.25, 0.3) is 0 Å². The van der Waals surface area contributed by atoms with Crippen LogP contribution in [0.5, 0.6) is 0 Å². The fourth-order valence-corrected chi connectivity index (χ4v) is 1.71. The van der Waals surface area contributed by atoms with Gasteiger partial charge in [0.15, 0.2) is 5.96 Å². The molecule has 0 aromatic carbocycles. The molecule has 0 aliphatic carbocycles. The molecule has 1 rings (SSSR count). The lowest BCUT2D eigenvalue weighted by Crippen LogP contribution is -2.38. The van der Waals surface area contributed by atoms with Gasteiger partial charge in [0.25, 0.3) is 0 Å². The van der Waals surface area contributed by atoms with Crippen LogP contribution in [-0.2, 0) is 4.74 Å². The average Bonchev–Trinajstić information content (AvgIpc) is 2.79. The number of unbranched alkanes of at least 4 members (excludes halogenated alkanes) is 1. The van der Waals surface area contributed by atoms with Crippen LogP contribution in [0.2, 0.25) is 0 Å². The van der Waals surface area contributed by atoms with Crippen molar-refractivity contribution in [2.45, 2.75) is 45.6 Å². The lowest BCUT2D eigenvalue weighted by Gasteiger charge is -2.12. The Balaban J connectivity index is 2.25. The van der Waals surface area contributed by atoms with E-state index in [1.807, 2.05) is 0 Å². The first-order valence-electron chi connectivity index (χ1n) is 6.50. The van der Waals surface area contributed by atoms with Gasteiger partial charge >= 0.3 is 0 Å². The molecule has 1 saturated heterocycles. The molecule has 0 radical (unpaired) electrons. The highest BCUT2D eigenvalue weighted by Gasteiger charge is 2.14. The third-order valence-electron chi connectivity index (χ3n) is 2.64. The summed E-state index contributed by atoms with van der Waals surface area (Å²) in [5, 5.41) is 6.58. The van der Waals surface area contributed by atoms with Gasteiger partial charge in [-0.05, 0) is 26.2 Å². The third kappa shape index (κ3) is 5.35. The molecule has 0 aromatic heterocycles. The van der Waals surface area contributed by atoms with E-state index < -0.39 is 0 Å². The lowest BCUT2D eigenvalue weighted by atomic mass is 10.2. The topological polar surface area (TPSA) is 45.7 Å². The van der Waals surface area contributed by atoms with Gasteiger partial charge in [-0.1, -0.05) is 13.3 Å². The van der Waals surface area contributed by atoms with Crippen LogP contribution < -0.4 is 10.6 Å². The second-order valence-electron chi connectivity index (χ2n) is 4.13. The number of aliphatic imine (C=N–C) groups is 1. The van der Waals surface area contributed by atoms with Crippen molar-refractivity contribution in [2.75, 3.05) is 26.2 Å². The maximum absolute atomic E-state index is 5.54. The molecule has 1 atom stereocenters. The number of ether oxygens (including phenoxy) is 1. The van der Waals surface area contributed by atoms with Crippen LogP contribution in [-0.4, -0.2) is 38.3 Å². The van der Waals surface area contributed by atoms with Crippen molar-refractivity contribution in [1.29, 1.82) is 0 Å². The molecule has 1 aliphatic heterocycles. The van der Waals surface area contributed by atoms with Crippen LogP contribution in [0.4, 0.5) is 0 Å². The van der Waals surface area contributed by atoms with Crippen LogP contribution >= 0.6 is 0 Å². The summed E-state index contributed by atoms with van der Waals surface area (Å²) in [4.78, 5) is 4.54. The highest BCUT2D eigenvalue weighted by atomic mass is 16.5. The molecule has 16 heavy (non-hydrogen) atoms. The highest BCUT2D eigenvalue weighted by Crippen LogP contribution is 2.11. The van der Waals surface area contributed by atoms with Crippen LogP contribution in [0, 0.1) is 0 Å². The van der Waals surface area contributed by atoms with Gasteiger partial charge in [-0.3, -0.25) is 4.99 Å². The first-order chi connectivity index (χ1) is 7.86. The van der Waals surface area contributed by atoms with E-state index in [0.717, 1.165) is 38.6 Å². The van der Waals surface area contributed by atoms with Crippen molar-refractivity contribution >= 4 is 5.96 Å². The Morgan fingerprint density at radius 2 is 2.25 bits per heavy atom. The molecule has 2 N–H and O–H groups in total. The Bertz CT molecular complexity index is 200. The second-order valence-corrected chi connectivity index (χ2v) is 4.13. The lowest BCUT2D eigenvalue weighted by molar-refractivity contribution is 0.117. The molecular weight excluding hydrogens is 202 g/mol. The normalized spacial score (nSPS) is 21.1. The molecule has 4 nitrogen and oxygen atoms in total. The van der Waals surface area contributed by atoms with Crippen molar-refractivity contribution in [1.82, 2.24) is 10.6 Å². The Kier molecular flexibility index (Phi) is 6.97. The first kappa shape index (κ1) is 13.3. The summed E-state index contributed by atoms with van der Waals surface area (Å²) in [5.74, 6) is 0.923. The predicted molar refractivity (Wildman–Crippen MR) is 67.9 cm³/mol. The third-order valence-corrected chi connectivity index (χ3v) is 2.64. The smallest absolute Gasteiger partial charge is 0.191 e. The number of guanidine groups is 1. The maximum Gasteiger partial charge on any atom is 0.191 e. The minimum atomic E-state index is 0.335. The van der Waals surface area contributed by atoms with E-state index in [9.17, 15) is 0 Å². The van der Waals surface area contributed by atoms with Gasteiger partial charge in [0, 0.05) is 19.7 Å². The maximum atomic E-state index is 5.54. The van der Waals surface area contributed by atoms with Gasteiger partial charge < -0.3 is 15.4 Å². The van der Waals surface area contributed by atoms with Gasteiger partial charge in [-0.2, -0.15) is 0 Å². The molecule has 0 aromatic rings. The molecule has 94 valence electrons. The summed E-state index contributed by atoms with van der Waals surface area (Å²) in [6.45, 7) is 7.86. The van der Waals surface area contributed by atoms with Crippen LogP contribution in [0.3, 0.4) is 0 Å². The summed E-state index contributed by atoms with van der Waals surface area (Å²) in [6, 6.07) is 0. The Hall–Kier alpha value is -0.770. The van der Waals surface area contributed by atoms with E-state index in [1.165, 1.54) is 19.3 Å². The summed E-state index contributed by atoms with van der Waals surface area (Å²) in [6.07, 6.45) is 5.06. The number of nitrogens with one attached hydrogen (secondary N) is 2. The van der Waals surface area contributed by atoms with Gasteiger partial charge in [0.2, 0.25) is 0 Å². The number of hydrogen-bond donors (Lipinski definition) is 2. The van der Waals surface area contributed by atoms with Gasteiger partial charge in [-0.25, -0.2) is 0 Å². The Morgan fingerprint density at radius 3 is 2.88 bits per heavy atom. The molecule has 1 unspecified atom stereocenters. The summed E-state index contributed by atoms with van der Waals surface area (Å²) >= 11 is 0. The van der Waals surface area contributed by atoms with Crippen molar-refractivity contribution in [2.24, 2.45) is 4.99 Å². The zero-order valence-electron chi connectivity index (χ0n) is 10.6. The Labute approximate surface area is 98.9 Å². The zero-order valence-corrected chi connectivity index (χ0v) is 10.6. The highest BCUT2D eigenvalue weighted by molar-refractivity contribution is 5.79. The van der Waals surface area contributed by atoms with Crippen molar-refractivity contribution in [3.8, 4) is 0 Å². The van der Waals surface area contributed by atoms with E-state index in [1.54, 1.807) is 0 Å². The predicted octanol–water partition coefficient (Wildman–Crippen LogP) is 1.52. The molecular formula is C12H25N3O. The number of nitrogens with zero attached hydrogens (tertiary/aromatic N) is 1. The monoisotopic (exact) mass is 227 g/mol. The minimum absolute atomic E-state index is 0.335. The first-order valence-corrected chi connectivity index (χ1v) is 6.50. The van der Waals surface area contributed by atoms with E-state index in [-0.39, 0.29) is 0 Å². The van der Waals surface area contributed by atoms with E-state index in [2.05, 4.69) is 29.5 Å². The van der Waals surface area contributed by atoms with Crippen LogP contribution in [0.15, 0.2) is 4.99 Å². The largest absolute Gasteiger partial charge is 0.376 e. The molecule has 1 aliphatic rings. The molecule has 0 spiro atoms. The molecule has 0 saturated carbocycles. The molecule has 0 amide bonds. The van der Waals surface area contributed by atoms with Gasteiger partial charge in [0.05, 0.1) is 12.6 Å². The van der Waals surface area contributed by atoms with E-state index in [4.69, 9.17) is 4.74 Å². The SMILES string of the molecule is CCCCNC(=NCC1CCCO1)NCC. The quantitative estimate of drug-likeness (QED) is 0.411. The zero-order chi connectivity index (χ0) is 11.6. The van der Waals surface area contributed by atoms with Gasteiger partial charge in [0.1, 0.15) is 0 Å². The molecule has 4 heteroatoms. The molecule has 0 bridgehead atoms. The standard InChI is InChI=1S/C12H25N3O/c1-3-5-8-14-12(13-4-2)15-10-11-7-6-9-16-11/h11H,3-10H2,1-2H3,(H2,13,14,15). The number of rotatable bonds is 6. The summed E-state index contributed by atoms with van der Waals surface area (Å²) in [5.41, 5.74) is 0. The minimum Gasteiger partial charge on any atom is -0.376 e. The number of hydrogen-bond acceptors (Lipinski definition) is 2. The van der Waals surface area contributed by atoms with Crippen molar-refractivity contribution in [3.05, 3.63) is 0 Å². The Morgan fingerprint density at radius 1 is 1.38 bits per heavy atom. The van der Waals surface area contributed by atoms with Crippen molar-refractivity contribution in [3.63, 3.8) is 0 Å². The fourth-order valence-electron chi connectivity index (χ4n) is 1.71. The average molecular weight is 227 g/mol. The fraction of sp³-hybridized carbons (Fsp3) is 0.917. The van der Waals surface area contributed by atoms with Crippen molar-refractivity contribution < 1.29 is 4.74 Å². The molecule has 1 fully saturated rings. The van der Waals surface area contributed by atoms with E-state index >= 15 is 0 Å². The second kappa shape index (κ2) is 8.39. The summed E-state index contributed by atoms with van der Waals surface area (Å²) < 4.78 is 5.54. The summed E-state index contributed by atoms with van der Waals surface area (Å²) in [7, 11) is 0. The van der Waals surface area contributed by atoms with Gasteiger partial charge in [-0.15, -0.1) is 0 Å².